The fourth-order valence-electron chi connectivity index (χ4n) is 2.72. The van der Waals surface area contributed by atoms with E-state index >= 15 is 0 Å². The molecule has 0 fully saturated rings. The molecule has 0 amide bonds. The van der Waals surface area contributed by atoms with Gasteiger partial charge in [-0.15, -0.1) is 0 Å². The zero-order valence-corrected chi connectivity index (χ0v) is 13.8. The second-order valence-corrected chi connectivity index (χ2v) is 7.57. The molecule has 1 aliphatic rings. The lowest BCUT2D eigenvalue weighted by molar-refractivity contribution is -0.201. The fraction of sp³-hybridized carbons (Fsp3) is 0.500. The van der Waals surface area contributed by atoms with E-state index < -0.39 is 53.7 Å². The van der Waals surface area contributed by atoms with Crippen LogP contribution < -0.4 is 0 Å². The molecule has 1 heterocycles. The van der Waals surface area contributed by atoms with E-state index in [0.29, 0.717) is 5.56 Å². The van der Waals surface area contributed by atoms with Crippen LogP contribution >= 0.6 is 10.7 Å². The van der Waals surface area contributed by atoms with E-state index in [2.05, 4.69) is 4.40 Å². The molecular formula is C16H16F7NS. The van der Waals surface area contributed by atoms with E-state index in [4.69, 9.17) is 0 Å². The third-order valence-corrected chi connectivity index (χ3v) is 6.76. The first-order valence-electron chi connectivity index (χ1n) is 7.32. The van der Waals surface area contributed by atoms with Gasteiger partial charge in [-0.25, -0.2) is 8.79 Å². The second-order valence-electron chi connectivity index (χ2n) is 5.73. The number of hydrogen-bond acceptors (Lipinski definition) is 1. The van der Waals surface area contributed by atoms with Gasteiger partial charge in [0.15, 0.2) is 4.75 Å². The smallest absolute Gasteiger partial charge is 0.250 e. The van der Waals surface area contributed by atoms with Gasteiger partial charge < -0.3 is 0 Å². The highest BCUT2D eigenvalue weighted by Gasteiger charge is 2.70. The first-order valence-corrected chi connectivity index (χ1v) is 8.56. The van der Waals surface area contributed by atoms with Gasteiger partial charge in [-0.05, 0) is 10.9 Å². The zero-order chi connectivity index (χ0) is 18.7. The van der Waals surface area contributed by atoms with E-state index in [0.717, 1.165) is 5.37 Å². The largest absolute Gasteiger partial charge is 0.407 e. The summed E-state index contributed by atoms with van der Waals surface area (Å²) in [7, 11) is -2.25. The zero-order valence-electron chi connectivity index (χ0n) is 13.0. The highest BCUT2D eigenvalue weighted by atomic mass is 32.2. The molecule has 0 aromatic heterocycles. The number of benzene rings is 1. The minimum Gasteiger partial charge on any atom is -0.250 e. The summed E-state index contributed by atoms with van der Waals surface area (Å²) in [5.41, 5.74) is -2.39. The SMILES string of the molecule is FCC(CF)(CF)C(CF)(S1=CCC(c2ccccc2)=N1)C(F)(F)F. The Morgan fingerprint density at radius 1 is 0.880 bits per heavy atom. The summed E-state index contributed by atoms with van der Waals surface area (Å²) in [6, 6.07) is 8.21. The van der Waals surface area contributed by atoms with Crippen LogP contribution in [0.15, 0.2) is 34.7 Å². The normalized spacial score (nSPS) is 20.8. The molecule has 2 rings (SSSR count). The quantitative estimate of drug-likeness (QED) is 0.460. The van der Waals surface area contributed by atoms with Crippen molar-refractivity contribution in [2.45, 2.75) is 17.3 Å². The van der Waals surface area contributed by atoms with Gasteiger partial charge in [0.1, 0.15) is 26.7 Å². The van der Waals surface area contributed by atoms with Gasteiger partial charge in [0.2, 0.25) is 0 Å². The van der Waals surface area contributed by atoms with Gasteiger partial charge in [0.25, 0.3) is 0 Å². The fourth-order valence-corrected chi connectivity index (χ4v) is 4.92. The maximum Gasteiger partial charge on any atom is 0.407 e. The highest BCUT2D eigenvalue weighted by Crippen LogP contribution is 2.58. The molecule has 1 aromatic rings. The van der Waals surface area contributed by atoms with Crippen molar-refractivity contribution in [1.82, 2.24) is 0 Å². The van der Waals surface area contributed by atoms with Crippen LogP contribution in [0, 0.1) is 5.41 Å². The van der Waals surface area contributed by atoms with Crippen LogP contribution in [0.1, 0.15) is 12.0 Å². The summed E-state index contributed by atoms with van der Waals surface area (Å²) < 4.78 is 95.6. The van der Waals surface area contributed by atoms with E-state index in [1.807, 2.05) is 0 Å². The maximum absolute atomic E-state index is 13.8. The van der Waals surface area contributed by atoms with Crippen LogP contribution in [0.25, 0.3) is 0 Å². The summed E-state index contributed by atoms with van der Waals surface area (Å²) >= 11 is 0. The highest BCUT2D eigenvalue weighted by molar-refractivity contribution is 8.15. The van der Waals surface area contributed by atoms with E-state index in [1.165, 1.54) is 0 Å². The van der Waals surface area contributed by atoms with Crippen molar-refractivity contribution in [2.24, 2.45) is 9.81 Å². The first-order chi connectivity index (χ1) is 11.8. The average Bonchev–Trinajstić information content (AvgIpc) is 3.09. The molecule has 0 spiro atoms. The lowest BCUT2D eigenvalue weighted by atomic mass is 9.77. The number of alkyl halides is 7. The average molecular weight is 387 g/mol. The molecule has 0 saturated carbocycles. The molecular weight excluding hydrogens is 371 g/mol. The summed E-state index contributed by atoms with van der Waals surface area (Å²) in [5, 5.41) is 1.07. The number of rotatable bonds is 7. The molecule has 1 aromatic carbocycles. The second kappa shape index (κ2) is 7.47. The van der Waals surface area contributed by atoms with Crippen LogP contribution in [0.3, 0.4) is 0 Å². The van der Waals surface area contributed by atoms with Crippen molar-refractivity contribution in [1.29, 1.82) is 0 Å². The predicted molar refractivity (Wildman–Crippen MR) is 86.4 cm³/mol. The maximum atomic E-state index is 13.8. The molecule has 1 nitrogen and oxygen atoms in total. The Labute approximate surface area is 143 Å². The van der Waals surface area contributed by atoms with Crippen molar-refractivity contribution < 1.29 is 30.7 Å². The van der Waals surface area contributed by atoms with Gasteiger partial charge in [0.05, 0.1) is 11.1 Å². The summed E-state index contributed by atoms with van der Waals surface area (Å²) in [6.45, 7) is -8.08. The molecule has 0 bridgehead atoms. The standard InChI is InChI=1S/C16H16F7NS/c17-8-14(9-18,10-19)15(11-20,16(21,22)23)25-7-6-13(24-25)12-4-2-1-3-5-12/h1-5,7H,6,8-11H2. The predicted octanol–water partition coefficient (Wildman–Crippen LogP) is 5.03. The number of nitrogens with zero attached hydrogens (tertiary/aromatic N) is 1. The molecule has 140 valence electrons. The molecule has 0 radical (unpaired) electrons. The summed E-state index contributed by atoms with van der Waals surface area (Å²) in [5.74, 6) is 0. The third-order valence-electron chi connectivity index (χ3n) is 4.38. The van der Waals surface area contributed by atoms with E-state index in [-0.39, 0.29) is 12.1 Å². The van der Waals surface area contributed by atoms with Crippen molar-refractivity contribution in [3.8, 4) is 0 Å². The van der Waals surface area contributed by atoms with Crippen LogP contribution in [-0.4, -0.2) is 48.7 Å². The van der Waals surface area contributed by atoms with Crippen LogP contribution in [0.4, 0.5) is 30.7 Å². The van der Waals surface area contributed by atoms with Crippen molar-refractivity contribution in [3.05, 3.63) is 35.9 Å². The Morgan fingerprint density at radius 2 is 1.44 bits per heavy atom. The van der Waals surface area contributed by atoms with Gasteiger partial charge in [-0.2, -0.15) is 13.2 Å². The summed E-state index contributed by atoms with van der Waals surface area (Å²) in [4.78, 5) is 0. The molecule has 1 aliphatic heterocycles. The van der Waals surface area contributed by atoms with Crippen LogP contribution in [-0.2, 0) is 0 Å². The Balaban J connectivity index is 2.60. The first kappa shape index (κ1) is 19.9. The molecule has 2 atom stereocenters. The van der Waals surface area contributed by atoms with Crippen LogP contribution in [0.5, 0.6) is 0 Å². The lowest BCUT2D eigenvalue weighted by Crippen LogP contribution is -2.61. The van der Waals surface area contributed by atoms with Crippen molar-refractivity contribution in [3.63, 3.8) is 0 Å². The minimum atomic E-state index is -5.37. The molecule has 9 heteroatoms. The molecule has 0 aliphatic carbocycles. The Kier molecular flexibility index (Phi) is 5.96. The third kappa shape index (κ3) is 3.11. The number of hydrogen-bond donors (Lipinski definition) is 0. The van der Waals surface area contributed by atoms with Gasteiger partial charge in [-0.1, -0.05) is 41.0 Å². The Morgan fingerprint density at radius 3 is 1.88 bits per heavy atom. The van der Waals surface area contributed by atoms with Crippen molar-refractivity contribution >= 4 is 21.7 Å². The van der Waals surface area contributed by atoms with Gasteiger partial charge in [-0.3, -0.25) is 13.2 Å². The van der Waals surface area contributed by atoms with Crippen molar-refractivity contribution in [2.75, 3.05) is 26.7 Å². The molecule has 25 heavy (non-hydrogen) atoms. The monoisotopic (exact) mass is 387 g/mol. The van der Waals surface area contributed by atoms with Crippen LogP contribution in [0.2, 0.25) is 0 Å². The number of halogens is 7. The van der Waals surface area contributed by atoms with E-state index in [1.54, 1.807) is 30.3 Å². The topological polar surface area (TPSA) is 12.4 Å². The van der Waals surface area contributed by atoms with E-state index in [9.17, 15) is 30.7 Å². The Hall–Kier alpha value is -1.38. The van der Waals surface area contributed by atoms with Gasteiger partial charge >= 0.3 is 6.18 Å². The Bertz CT molecular complexity index is 644. The van der Waals surface area contributed by atoms with Gasteiger partial charge in [0, 0.05) is 6.42 Å². The molecule has 0 saturated heterocycles. The molecule has 2 unspecified atom stereocenters. The molecule has 0 N–H and O–H groups in total. The summed E-state index contributed by atoms with van der Waals surface area (Å²) in [6.07, 6.45) is -5.40. The minimum absolute atomic E-state index is 0.0219. The lowest BCUT2D eigenvalue weighted by Gasteiger charge is -2.45.